The Bertz CT molecular complexity index is 282. The van der Waals surface area contributed by atoms with Crippen molar-refractivity contribution in [1.82, 2.24) is 14.1 Å². The van der Waals surface area contributed by atoms with Gasteiger partial charge in [-0.1, -0.05) is 0 Å². The van der Waals surface area contributed by atoms with Crippen molar-refractivity contribution in [2.75, 3.05) is 59.6 Å². The molecule has 5 nitrogen and oxygen atoms in total. The van der Waals surface area contributed by atoms with E-state index in [1.165, 1.54) is 4.31 Å². The first-order chi connectivity index (χ1) is 6.92. The largest absolute Gasteiger partial charge is 0.304 e. The van der Waals surface area contributed by atoms with Gasteiger partial charge in [-0.05, 0) is 7.05 Å². The Morgan fingerprint density at radius 1 is 1.13 bits per heavy atom. The summed E-state index contributed by atoms with van der Waals surface area (Å²) in [5.74, 6) is 0.226. The fourth-order valence-corrected chi connectivity index (χ4v) is 2.35. The van der Waals surface area contributed by atoms with Crippen LogP contribution in [0.4, 0.5) is 0 Å². The fourth-order valence-electron chi connectivity index (χ4n) is 1.50. The van der Waals surface area contributed by atoms with Crippen LogP contribution in [0.15, 0.2) is 0 Å². The summed E-state index contributed by atoms with van der Waals surface area (Å²) < 4.78 is 24.3. The van der Waals surface area contributed by atoms with Gasteiger partial charge in [0, 0.05) is 46.8 Å². The van der Waals surface area contributed by atoms with Gasteiger partial charge in [0.1, 0.15) is 0 Å². The number of piperazine rings is 1. The van der Waals surface area contributed by atoms with Crippen molar-refractivity contribution in [2.24, 2.45) is 0 Å². The van der Waals surface area contributed by atoms with E-state index in [1.54, 1.807) is 14.1 Å². The van der Waals surface area contributed by atoms with E-state index >= 15 is 0 Å². The van der Waals surface area contributed by atoms with Crippen LogP contribution in [0.3, 0.4) is 0 Å². The molecular weight excluding hydrogens is 214 g/mol. The minimum absolute atomic E-state index is 0.226. The van der Waals surface area contributed by atoms with Gasteiger partial charge in [-0.3, -0.25) is 4.90 Å². The molecule has 1 fully saturated rings. The smallest absolute Gasteiger partial charge is 0.214 e. The lowest BCUT2D eigenvalue weighted by Gasteiger charge is -2.32. The van der Waals surface area contributed by atoms with Crippen LogP contribution in [0.5, 0.6) is 0 Å². The average molecular weight is 235 g/mol. The molecule has 0 bridgehead atoms. The molecule has 90 valence electrons. The molecule has 1 rings (SSSR count). The minimum atomic E-state index is -3.03. The second kappa shape index (κ2) is 5.25. The number of hydrogen-bond acceptors (Lipinski definition) is 4. The van der Waals surface area contributed by atoms with Gasteiger partial charge in [0.15, 0.2) is 0 Å². The predicted octanol–water partition coefficient (Wildman–Crippen LogP) is -0.875. The van der Waals surface area contributed by atoms with E-state index in [-0.39, 0.29) is 5.75 Å². The molecule has 6 heteroatoms. The molecule has 0 unspecified atom stereocenters. The first kappa shape index (κ1) is 12.9. The second-order valence-electron chi connectivity index (χ2n) is 4.24. The predicted molar refractivity (Wildman–Crippen MR) is 61.4 cm³/mol. The van der Waals surface area contributed by atoms with Gasteiger partial charge in [0.2, 0.25) is 10.0 Å². The number of nitrogens with zero attached hydrogens (tertiary/aromatic N) is 3. The molecule has 0 spiro atoms. The molecule has 0 radical (unpaired) electrons. The molecule has 0 aliphatic carbocycles. The van der Waals surface area contributed by atoms with Crippen molar-refractivity contribution < 1.29 is 8.42 Å². The molecule has 15 heavy (non-hydrogen) atoms. The Kier molecular flexibility index (Phi) is 4.51. The van der Waals surface area contributed by atoms with Gasteiger partial charge < -0.3 is 4.90 Å². The van der Waals surface area contributed by atoms with E-state index in [1.807, 2.05) is 0 Å². The number of sulfonamides is 1. The Morgan fingerprint density at radius 3 is 2.13 bits per heavy atom. The Morgan fingerprint density at radius 2 is 1.67 bits per heavy atom. The lowest BCUT2D eigenvalue weighted by atomic mass is 10.3. The van der Waals surface area contributed by atoms with Gasteiger partial charge in [0.25, 0.3) is 0 Å². The summed E-state index contributed by atoms with van der Waals surface area (Å²) in [4.78, 5) is 4.47. The summed E-state index contributed by atoms with van der Waals surface area (Å²) in [7, 11) is 2.22. The summed E-state index contributed by atoms with van der Waals surface area (Å²) in [6.07, 6.45) is 0. The van der Waals surface area contributed by atoms with E-state index in [4.69, 9.17) is 0 Å². The van der Waals surface area contributed by atoms with Gasteiger partial charge in [-0.15, -0.1) is 0 Å². The Labute approximate surface area is 92.7 Å². The molecule has 1 heterocycles. The molecule has 1 aliphatic heterocycles. The van der Waals surface area contributed by atoms with Crippen LogP contribution >= 0.6 is 0 Å². The molecule has 0 aromatic carbocycles. The van der Waals surface area contributed by atoms with E-state index in [0.29, 0.717) is 6.54 Å². The summed E-state index contributed by atoms with van der Waals surface area (Å²) in [5.41, 5.74) is 0. The van der Waals surface area contributed by atoms with Gasteiger partial charge >= 0.3 is 0 Å². The third-order valence-electron chi connectivity index (χ3n) is 2.82. The van der Waals surface area contributed by atoms with Crippen LogP contribution in [0, 0.1) is 0 Å². The topological polar surface area (TPSA) is 43.9 Å². The fraction of sp³-hybridized carbons (Fsp3) is 1.00. The molecule has 0 saturated carbocycles. The van der Waals surface area contributed by atoms with Crippen LogP contribution in [0.2, 0.25) is 0 Å². The van der Waals surface area contributed by atoms with E-state index in [9.17, 15) is 8.42 Å². The summed E-state index contributed by atoms with van der Waals surface area (Å²) >= 11 is 0. The third-order valence-corrected chi connectivity index (χ3v) is 4.63. The second-order valence-corrected chi connectivity index (χ2v) is 6.55. The number of hydrogen-bond donors (Lipinski definition) is 0. The molecule has 1 aliphatic rings. The first-order valence-electron chi connectivity index (χ1n) is 5.23. The van der Waals surface area contributed by atoms with Crippen LogP contribution in [0.1, 0.15) is 0 Å². The highest BCUT2D eigenvalue weighted by Gasteiger charge is 2.18. The van der Waals surface area contributed by atoms with Crippen molar-refractivity contribution >= 4 is 10.0 Å². The molecule has 0 N–H and O–H groups in total. The summed E-state index contributed by atoms with van der Waals surface area (Å²) in [5, 5.41) is 0. The number of likely N-dealkylation sites (N-methyl/N-ethyl adjacent to an activating group) is 1. The molecule has 0 aromatic rings. The van der Waals surface area contributed by atoms with E-state index < -0.39 is 10.0 Å². The van der Waals surface area contributed by atoms with Crippen molar-refractivity contribution in [3.63, 3.8) is 0 Å². The molecule has 0 aromatic heterocycles. The lowest BCUT2D eigenvalue weighted by molar-refractivity contribution is 0.160. The highest BCUT2D eigenvalue weighted by molar-refractivity contribution is 7.89. The van der Waals surface area contributed by atoms with Crippen LogP contribution in [-0.2, 0) is 10.0 Å². The average Bonchev–Trinajstić information content (AvgIpc) is 2.17. The zero-order valence-electron chi connectivity index (χ0n) is 9.81. The van der Waals surface area contributed by atoms with Crippen LogP contribution in [0.25, 0.3) is 0 Å². The highest BCUT2D eigenvalue weighted by atomic mass is 32.2. The molecular formula is C9H21N3O2S. The monoisotopic (exact) mass is 235 g/mol. The normalized spacial score (nSPS) is 21.1. The van der Waals surface area contributed by atoms with E-state index in [0.717, 1.165) is 26.2 Å². The summed E-state index contributed by atoms with van der Waals surface area (Å²) in [6, 6.07) is 0. The maximum Gasteiger partial charge on any atom is 0.214 e. The molecule has 0 amide bonds. The van der Waals surface area contributed by atoms with Gasteiger partial charge in [-0.25, -0.2) is 12.7 Å². The van der Waals surface area contributed by atoms with Gasteiger partial charge in [-0.2, -0.15) is 0 Å². The molecule has 0 atom stereocenters. The van der Waals surface area contributed by atoms with Crippen molar-refractivity contribution in [3.8, 4) is 0 Å². The maximum atomic E-state index is 11.5. The first-order valence-corrected chi connectivity index (χ1v) is 6.84. The highest BCUT2D eigenvalue weighted by Crippen LogP contribution is 2.01. The summed E-state index contributed by atoms with van der Waals surface area (Å²) in [6.45, 7) is 4.65. The zero-order chi connectivity index (χ0) is 11.5. The minimum Gasteiger partial charge on any atom is -0.304 e. The maximum absolute atomic E-state index is 11.5. The van der Waals surface area contributed by atoms with Crippen LogP contribution < -0.4 is 0 Å². The van der Waals surface area contributed by atoms with Crippen LogP contribution in [-0.4, -0.2) is 82.1 Å². The quantitative estimate of drug-likeness (QED) is 0.635. The molecule has 1 saturated heterocycles. The van der Waals surface area contributed by atoms with Gasteiger partial charge in [0.05, 0.1) is 5.75 Å². The van der Waals surface area contributed by atoms with Crippen molar-refractivity contribution in [1.29, 1.82) is 0 Å². The lowest BCUT2D eigenvalue weighted by Crippen LogP contribution is -2.46. The SMILES string of the molecule is CN1CCN(CCS(=O)(=O)N(C)C)CC1. The van der Waals surface area contributed by atoms with Crippen molar-refractivity contribution in [3.05, 3.63) is 0 Å². The third kappa shape index (κ3) is 4.06. The van der Waals surface area contributed by atoms with Crippen molar-refractivity contribution in [2.45, 2.75) is 0 Å². The Hall–Kier alpha value is -0.170. The standard InChI is InChI=1S/C9H21N3O2S/c1-10(2)15(13,14)9-8-12-6-4-11(3)5-7-12/h4-9H2,1-3H3. The zero-order valence-corrected chi connectivity index (χ0v) is 10.6. The van der Waals surface area contributed by atoms with E-state index in [2.05, 4.69) is 16.8 Å². The Balaban J connectivity index is 2.32. The number of rotatable bonds is 4.